The molecule has 14 heteroatoms. The molecule has 1 aliphatic rings. The third kappa shape index (κ3) is 5.91. The van der Waals surface area contributed by atoms with E-state index in [-0.39, 0.29) is 11.3 Å². The number of halogens is 4. The largest absolute Gasteiger partial charge is 0.416 e. The monoisotopic (exact) mass is 593 g/mol. The molecule has 0 atom stereocenters. The lowest BCUT2D eigenvalue weighted by molar-refractivity contribution is -0.137. The molecule has 3 heterocycles. The predicted molar refractivity (Wildman–Crippen MR) is 152 cm³/mol. The number of aryl methyl sites for hydroxylation is 1. The highest BCUT2D eigenvalue weighted by atomic mass is 35.5. The average molecular weight is 594 g/mol. The summed E-state index contributed by atoms with van der Waals surface area (Å²) in [4.78, 5) is 35.1. The molecule has 214 valence electrons. The Labute approximate surface area is 242 Å². The topological polar surface area (TPSA) is 117 Å². The second-order valence-corrected chi connectivity index (χ2v) is 10.1. The smallest absolute Gasteiger partial charge is 0.367 e. The van der Waals surface area contributed by atoms with Crippen molar-refractivity contribution < 1.29 is 18.0 Å². The molecule has 1 fully saturated rings. The maximum atomic E-state index is 13.7. The van der Waals surface area contributed by atoms with Crippen LogP contribution in [0.2, 0.25) is 5.02 Å². The number of imidazole rings is 2. The fraction of sp³-hybridized carbons (Fsp3) is 0.179. The molecule has 1 amide bonds. The van der Waals surface area contributed by atoms with Gasteiger partial charge in [0.25, 0.3) is 5.91 Å². The van der Waals surface area contributed by atoms with E-state index in [0.717, 1.165) is 25.0 Å². The third-order valence-electron chi connectivity index (χ3n) is 6.47. The summed E-state index contributed by atoms with van der Waals surface area (Å²) in [6.45, 7) is 1.72. The lowest BCUT2D eigenvalue weighted by Crippen LogP contribution is -2.17. The van der Waals surface area contributed by atoms with Gasteiger partial charge in [0.05, 0.1) is 28.3 Å². The standard InChI is InChI=1S/C28H23ClF3N9O/c1-16-13-40(15-37-16)21-9-17(8-18(10-21)28(30,31)32)26(42)39-20-4-5-22(29)23(11-20)41(27-33-6-7-34-27)25-12-24(35-14-36-25)38-19-2-3-19/h4-15,19H,2-3H2,1H3,(H,33,34)(H,39,42)(H,35,36,38). The van der Waals surface area contributed by atoms with Gasteiger partial charge >= 0.3 is 6.18 Å². The number of nitrogens with one attached hydrogen (secondary N) is 3. The highest BCUT2D eigenvalue weighted by Gasteiger charge is 2.32. The summed E-state index contributed by atoms with van der Waals surface area (Å²) >= 11 is 6.62. The first-order valence-electron chi connectivity index (χ1n) is 12.9. The fourth-order valence-electron chi connectivity index (χ4n) is 4.29. The van der Waals surface area contributed by atoms with Crippen molar-refractivity contribution in [2.75, 3.05) is 15.5 Å². The number of amides is 1. The number of aromatic nitrogens is 6. The lowest BCUT2D eigenvalue weighted by atomic mass is 10.1. The Bertz CT molecular complexity index is 1750. The Morgan fingerprint density at radius 1 is 1.10 bits per heavy atom. The summed E-state index contributed by atoms with van der Waals surface area (Å²) in [5, 5.41) is 6.34. The summed E-state index contributed by atoms with van der Waals surface area (Å²) in [5.74, 6) is 0.740. The Morgan fingerprint density at radius 2 is 1.93 bits per heavy atom. The third-order valence-corrected chi connectivity index (χ3v) is 6.79. The van der Waals surface area contributed by atoms with E-state index >= 15 is 0 Å². The number of carbonyl (C=O) groups excluding carboxylic acids is 1. The van der Waals surface area contributed by atoms with Crippen LogP contribution in [0.5, 0.6) is 0 Å². The van der Waals surface area contributed by atoms with E-state index < -0.39 is 17.6 Å². The van der Waals surface area contributed by atoms with Crippen molar-refractivity contribution in [2.45, 2.75) is 32.0 Å². The number of carbonyl (C=O) groups is 1. The predicted octanol–water partition coefficient (Wildman–Crippen LogP) is 6.66. The zero-order valence-corrected chi connectivity index (χ0v) is 22.8. The van der Waals surface area contributed by atoms with Gasteiger partial charge in [0.1, 0.15) is 18.0 Å². The molecule has 0 spiro atoms. The van der Waals surface area contributed by atoms with Gasteiger partial charge in [-0.3, -0.25) is 9.69 Å². The molecule has 10 nitrogen and oxygen atoms in total. The highest BCUT2D eigenvalue weighted by Crippen LogP contribution is 2.39. The van der Waals surface area contributed by atoms with Crippen molar-refractivity contribution in [3.63, 3.8) is 0 Å². The molecule has 2 aromatic carbocycles. The molecule has 42 heavy (non-hydrogen) atoms. The number of hydrogen-bond donors (Lipinski definition) is 3. The lowest BCUT2D eigenvalue weighted by Gasteiger charge is -2.23. The normalized spacial score (nSPS) is 13.2. The van der Waals surface area contributed by atoms with Gasteiger partial charge in [-0.2, -0.15) is 13.2 Å². The molecule has 5 aromatic rings. The molecular formula is C28H23ClF3N9O. The molecule has 6 rings (SSSR count). The molecule has 0 radical (unpaired) electrons. The number of hydrogen-bond acceptors (Lipinski definition) is 7. The first-order chi connectivity index (χ1) is 20.1. The van der Waals surface area contributed by atoms with Crippen molar-refractivity contribution in [3.8, 4) is 5.69 Å². The maximum Gasteiger partial charge on any atom is 0.416 e. The number of anilines is 5. The van der Waals surface area contributed by atoms with Crippen LogP contribution in [0, 0.1) is 6.92 Å². The average Bonchev–Trinajstić information content (AvgIpc) is 3.40. The van der Waals surface area contributed by atoms with Gasteiger partial charge in [-0.15, -0.1) is 0 Å². The van der Waals surface area contributed by atoms with Gasteiger partial charge in [0.15, 0.2) is 0 Å². The van der Waals surface area contributed by atoms with E-state index in [4.69, 9.17) is 11.6 Å². The number of rotatable bonds is 8. The van der Waals surface area contributed by atoms with Crippen LogP contribution in [-0.2, 0) is 6.18 Å². The van der Waals surface area contributed by atoms with Crippen molar-refractivity contribution in [2.24, 2.45) is 0 Å². The maximum absolute atomic E-state index is 13.7. The van der Waals surface area contributed by atoms with Crippen molar-refractivity contribution >= 4 is 46.5 Å². The Kier molecular flexibility index (Phi) is 7.02. The quantitative estimate of drug-likeness (QED) is 0.184. The minimum Gasteiger partial charge on any atom is -0.367 e. The van der Waals surface area contributed by atoms with Gasteiger partial charge in [0.2, 0.25) is 5.95 Å². The fourth-order valence-corrected chi connectivity index (χ4v) is 4.49. The number of nitrogens with zero attached hydrogens (tertiary/aromatic N) is 6. The van der Waals surface area contributed by atoms with Crippen molar-refractivity contribution in [1.29, 1.82) is 0 Å². The summed E-state index contributed by atoms with van der Waals surface area (Å²) in [7, 11) is 0. The number of aromatic amines is 1. The van der Waals surface area contributed by atoms with Crippen molar-refractivity contribution in [3.05, 3.63) is 95.6 Å². The molecule has 1 saturated carbocycles. The number of H-pyrrole nitrogens is 1. The molecule has 3 aromatic heterocycles. The Balaban J connectivity index is 1.34. The summed E-state index contributed by atoms with van der Waals surface area (Å²) in [6.07, 6.45) is 5.04. The second-order valence-electron chi connectivity index (χ2n) is 9.74. The molecule has 3 N–H and O–H groups in total. The van der Waals surface area contributed by atoms with Crippen LogP contribution < -0.4 is 15.5 Å². The summed E-state index contributed by atoms with van der Waals surface area (Å²) < 4.78 is 42.7. The van der Waals surface area contributed by atoms with Crippen LogP contribution in [0.3, 0.4) is 0 Å². The van der Waals surface area contributed by atoms with Crippen LogP contribution in [0.15, 0.2) is 73.7 Å². The molecule has 0 aliphatic heterocycles. The molecule has 0 saturated heterocycles. The molecular weight excluding hydrogens is 571 g/mol. The first-order valence-corrected chi connectivity index (χ1v) is 13.2. The van der Waals surface area contributed by atoms with Gasteiger partial charge in [-0.25, -0.2) is 19.9 Å². The van der Waals surface area contributed by atoms with E-state index in [2.05, 4.69) is 35.6 Å². The van der Waals surface area contributed by atoms with E-state index in [0.29, 0.717) is 45.7 Å². The molecule has 0 bridgehead atoms. The summed E-state index contributed by atoms with van der Waals surface area (Å²) in [6, 6.07) is 9.97. The highest BCUT2D eigenvalue weighted by molar-refractivity contribution is 6.33. The molecule has 1 aliphatic carbocycles. The zero-order chi connectivity index (χ0) is 29.4. The van der Waals surface area contributed by atoms with Crippen LogP contribution in [-0.4, -0.2) is 41.4 Å². The van der Waals surface area contributed by atoms with Gasteiger partial charge in [-0.1, -0.05) is 11.6 Å². The SMILES string of the molecule is Cc1cn(-c2cc(C(=O)Nc3ccc(Cl)c(N(c4cc(NC5CC5)ncn4)c4ncc[nH]4)c3)cc(C(F)(F)F)c2)cn1. The van der Waals surface area contributed by atoms with Crippen LogP contribution >= 0.6 is 11.6 Å². The van der Waals surface area contributed by atoms with Crippen LogP contribution in [0.1, 0.15) is 34.5 Å². The minimum absolute atomic E-state index is 0.149. The summed E-state index contributed by atoms with van der Waals surface area (Å²) in [5.41, 5.74) is 0.329. The van der Waals surface area contributed by atoms with Crippen molar-refractivity contribution in [1.82, 2.24) is 29.5 Å². The van der Waals surface area contributed by atoms with Gasteiger partial charge in [-0.05, 0) is 56.2 Å². The number of benzene rings is 2. The number of alkyl halides is 3. The molecule has 0 unspecified atom stereocenters. The minimum atomic E-state index is -4.66. The van der Waals surface area contributed by atoms with E-state index in [1.165, 1.54) is 23.3 Å². The Hall–Kier alpha value is -4.91. The second kappa shape index (κ2) is 10.8. The zero-order valence-electron chi connectivity index (χ0n) is 22.0. The van der Waals surface area contributed by atoms with Gasteiger partial charge < -0.3 is 20.2 Å². The van der Waals surface area contributed by atoms with E-state index in [9.17, 15) is 18.0 Å². The van der Waals surface area contributed by atoms with Gasteiger partial charge in [0, 0.05) is 47.6 Å². The van der Waals surface area contributed by atoms with Crippen LogP contribution in [0.25, 0.3) is 5.69 Å². The van der Waals surface area contributed by atoms with E-state index in [1.807, 2.05) is 0 Å². The first kappa shape index (κ1) is 27.3. The van der Waals surface area contributed by atoms with E-state index in [1.54, 1.807) is 54.7 Å². The van der Waals surface area contributed by atoms with Crippen LogP contribution in [0.4, 0.5) is 42.1 Å². The Morgan fingerprint density at radius 3 is 2.62 bits per heavy atom.